The standard InChI is InChI=1S/C22H24BrN3O4/c1-15-22(28)26(19-4-2-3-5-20(19)30-15)9-8-21(27)24-17-14-16(23)6-7-18(17)25-10-12-29-13-11-25/h2-7,14-15H,8-13H2,1H3,(H,24,27). The lowest BCUT2D eigenvalue weighted by Crippen LogP contribution is -2.45. The molecule has 30 heavy (non-hydrogen) atoms. The van der Waals surface area contributed by atoms with E-state index in [1.807, 2.05) is 42.5 Å². The Bertz CT molecular complexity index is 946. The summed E-state index contributed by atoms with van der Waals surface area (Å²) in [5.41, 5.74) is 2.42. The summed E-state index contributed by atoms with van der Waals surface area (Å²) >= 11 is 3.48. The van der Waals surface area contributed by atoms with Crippen LogP contribution in [0.5, 0.6) is 5.75 Å². The van der Waals surface area contributed by atoms with E-state index in [0.717, 1.165) is 28.9 Å². The molecule has 0 spiro atoms. The summed E-state index contributed by atoms with van der Waals surface area (Å²) in [5.74, 6) is 0.372. The Morgan fingerprint density at radius 2 is 1.93 bits per heavy atom. The summed E-state index contributed by atoms with van der Waals surface area (Å²) in [6.45, 7) is 4.90. The van der Waals surface area contributed by atoms with E-state index in [0.29, 0.717) is 24.7 Å². The van der Waals surface area contributed by atoms with Crippen LogP contribution in [0.2, 0.25) is 0 Å². The highest BCUT2D eigenvalue weighted by Gasteiger charge is 2.31. The van der Waals surface area contributed by atoms with Gasteiger partial charge < -0.3 is 24.6 Å². The van der Waals surface area contributed by atoms with Crippen LogP contribution in [0.15, 0.2) is 46.9 Å². The average Bonchev–Trinajstić information content (AvgIpc) is 2.75. The van der Waals surface area contributed by atoms with Gasteiger partial charge in [-0.2, -0.15) is 0 Å². The molecular formula is C22H24BrN3O4. The molecular weight excluding hydrogens is 450 g/mol. The topological polar surface area (TPSA) is 71.1 Å². The molecule has 1 unspecified atom stereocenters. The molecule has 2 amide bonds. The van der Waals surface area contributed by atoms with Gasteiger partial charge in [0.05, 0.1) is 30.3 Å². The maximum absolute atomic E-state index is 12.8. The Morgan fingerprint density at radius 3 is 2.73 bits per heavy atom. The van der Waals surface area contributed by atoms with Crippen LogP contribution < -0.4 is 19.9 Å². The zero-order valence-corrected chi connectivity index (χ0v) is 18.4. The SMILES string of the molecule is CC1Oc2ccccc2N(CCC(=O)Nc2cc(Br)ccc2N2CCOCC2)C1=O. The first-order valence-corrected chi connectivity index (χ1v) is 10.8. The van der Waals surface area contributed by atoms with E-state index in [-0.39, 0.29) is 24.8 Å². The normalized spacial score (nSPS) is 18.6. The molecule has 158 valence electrons. The number of carbonyl (C=O) groups excluding carboxylic acids is 2. The summed E-state index contributed by atoms with van der Waals surface area (Å²) in [5, 5.41) is 3.02. The van der Waals surface area contributed by atoms with Crippen molar-refractivity contribution in [2.45, 2.75) is 19.4 Å². The van der Waals surface area contributed by atoms with Crippen LogP contribution in [0.25, 0.3) is 0 Å². The highest BCUT2D eigenvalue weighted by atomic mass is 79.9. The van der Waals surface area contributed by atoms with Crippen LogP contribution in [-0.2, 0) is 14.3 Å². The average molecular weight is 474 g/mol. The van der Waals surface area contributed by atoms with Gasteiger partial charge in [-0.05, 0) is 37.3 Å². The van der Waals surface area contributed by atoms with Gasteiger partial charge in [-0.15, -0.1) is 0 Å². The van der Waals surface area contributed by atoms with Crippen LogP contribution in [0, 0.1) is 0 Å². The lowest BCUT2D eigenvalue weighted by atomic mass is 10.1. The highest BCUT2D eigenvalue weighted by molar-refractivity contribution is 9.10. The third kappa shape index (κ3) is 4.44. The largest absolute Gasteiger partial charge is 0.479 e. The highest BCUT2D eigenvalue weighted by Crippen LogP contribution is 2.34. The number of hydrogen-bond donors (Lipinski definition) is 1. The summed E-state index contributed by atoms with van der Waals surface area (Å²) in [6.07, 6.45) is -0.386. The molecule has 4 rings (SSSR count). The molecule has 0 saturated carbocycles. The minimum atomic E-state index is -0.569. The lowest BCUT2D eigenvalue weighted by Gasteiger charge is -2.33. The number of anilines is 3. The van der Waals surface area contributed by atoms with Gasteiger partial charge in [0.1, 0.15) is 5.75 Å². The molecule has 2 aromatic rings. The van der Waals surface area contributed by atoms with Crippen LogP contribution in [0.4, 0.5) is 17.1 Å². The fourth-order valence-corrected chi connectivity index (χ4v) is 4.07. The third-order valence-electron chi connectivity index (χ3n) is 5.22. The molecule has 0 radical (unpaired) electrons. The third-order valence-corrected chi connectivity index (χ3v) is 5.71. The number of ether oxygens (including phenoxy) is 2. The van der Waals surface area contributed by atoms with Crippen molar-refractivity contribution in [3.8, 4) is 5.75 Å². The first kappa shape index (κ1) is 20.7. The Labute approximate surface area is 184 Å². The first-order valence-electron chi connectivity index (χ1n) is 10.0. The fourth-order valence-electron chi connectivity index (χ4n) is 3.70. The number of para-hydroxylation sites is 2. The van der Waals surface area contributed by atoms with Crippen molar-refractivity contribution in [1.29, 1.82) is 0 Å². The number of amides is 2. The Morgan fingerprint density at radius 1 is 1.17 bits per heavy atom. The molecule has 1 fully saturated rings. The zero-order chi connectivity index (χ0) is 21.1. The first-order chi connectivity index (χ1) is 14.5. The molecule has 2 aliphatic rings. The van der Waals surface area contributed by atoms with E-state index in [2.05, 4.69) is 26.1 Å². The number of rotatable bonds is 5. The smallest absolute Gasteiger partial charge is 0.267 e. The number of halogens is 1. The summed E-state index contributed by atoms with van der Waals surface area (Å²) in [7, 11) is 0. The number of nitrogens with zero attached hydrogens (tertiary/aromatic N) is 2. The van der Waals surface area contributed by atoms with Gasteiger partial charge in [0.15, 0.2) is 6.10 Å². The van der Waals surface area contributed by atoms with Crippen LogP contribution >= 0.6 is 15.9 Å². The van der Waals surface area contributed by atoms with Crippen molar-refractivity contribution in [1.82, 2.24) is 0 Å². The van der Waals surface area contributed by atoms with Gasteiger partial charge in [0, 0.05) is 30.5 Å². The quantitative estimate of drug-likeness (QED) is 0.719. The Hall–Kier alpha value is -2.58. The van der Waals surface area contributed by atoms with E-state index in [1.165, 1.54) is 0 Å². The van der Waals surface area contributed by atoms with Crippen molar-refractivity contribution in [3.63, 3.8) is 0 Å². The maximum Gasteiger partial charge on any atom is 0.267 e. The number of carbonyl (C=O) groups is 2. The van der Waals surface area contributed by atoms with E-state index >= 15 is 0 Å². The second-order valence-electron chi connectivity index (χ2n) is 7.28. The molecule has 2 aliphatic heterocycles. The summed E-state index contributed by atoms with van der Waals surface area (Å²) in [6, 6.07) is 13.3. The monoisotopic (exact) mass is 473 g/mol. The van der Waals surface area contributed by atoms with Crippen molar-refractivity contribution in [2.75, 3.05) is 48.0 Å². The molecule has 2 heterocycles. The van der Waals surface area contributed by atoms with Crippen molar-refractivity contribution in [3.05, 3.63) is 46.9 Å². The fraction of sp³-hybridized carbons (Fsp3) is 0.364. The van der Waals surface area contributed by atoms with Gasteiger partial charge >= 0.3 is 0 Å². The molecule has 7 nitrogen and oxygen atoms in total. The minimum absolute atomic E-state index is 0.141. The van der Waals surface area contributed by atoms with E-state index in [4.69, 9.17) is 9.47 Å². The molecule has 0 aromatic heterocycles. The molecule has 0 bridgehead atoms. The molecule has 1 N–H and O–H groups in total. The molecule has 1 atom stereocenters. The Balaban J connectivity index is 1.46. The van der Waals surface area contributed by atoms with E-state index < -0.39 is 6.10 Å². The van der Waals surface area contributed by atoms with Gasteiger partial charge in [0.2, 0.25) is 5.91 Å². The van der Waals surface area contributed by atoms with Crippen LogP contribution in [0.1, 0.15) is 13.3 Å². The molecule has 1 saturated heterocycles. The summed E-state index contributed by atoms with van der Waals surface area (Å²) in [4.78, 5) is 29.2. The van der Waals surface area contributed by atoms with Gasteiger partial charge in [-0.25, -0.2) is 0 Å². The molecule has 8 heteroatoms. The second kappa shape index (κ2) is 9.06. The van der Waals surface area contributed by atoms with Gasteiger partial charge in [0.25, 0.3) is 5.91 Å². The Kier molecular flexibility index (Phi) is 6.24. The number of nitrogens with one attached hydrogen (secondary N) is 1. The molecule has 0 aliphatic carbocycles. The number of hydrogen-bond acceptors (Lipinski definition) is 5. The van der Waals surface area contributed by atoms with Crippen molar-refractivity contribution >= 4 is 44.8 Å². The number of morpholine rings is 1. The van der Waals surface area contributed by atoms with Crippen molar-refractivity contribution < 1.29 is 19.1 Å². The number of benzene rings is 2. The predicted octanol–water partition coefficient (Wildman–Crippen LogP) is 3.43. The van der Waals surface area contributed by atoms with Gasteiger partial charge in [-0.1, -0.05) is 28.1 Å². The van der Waals surface area contributed by atoms with Crippen molar-refractivity contribution in [2.24, 2.45) is 0 Å². The van der Waals surface area contributed by atoms with Crippen LogP contribution in [-0.4, -0.2) is 50.8 Å². The van der Waals surface area contributed by atoms with E-state index in [9.17, 15) is 9.59 Å². The minimum Gasteiger partial charge on any atom is -0.479 e. The molecule has 2 aromatic carbocycles. The summed E-state index contributed by atoms with van der Waals surface area (Å²) < 4.78 is 12.0. The second-order valence-corrected chi connectivity index (χ2v) is 8.19. The van der Waals surface area contributed by atoms with E-state index in [1.54, 1.807) is 11.8 Å². The van der Waals surface area contributed by atoms with Crippen LogP contribution in [0.3, 0.4) is 0 Å². The lowest BCUT2D eigenvalue weighted by molar-refractivity contribution is -0.125. The maximum atomic E-state index is 12.8. The number of fused-ring (bicyclic) bond motifs is 1. The predicted molar refractivity (Wildman–Crippen MR) is 119 cm³/mol. The van der Waals surface area contributed by atoms with Gasteiger partial charge in [-0.3, -0.25) is 9.59 Å². The zero-order valence-electron chi connectivity index (χ0n) is 16.8.